The molecule has 10 heavy (non-hydrogen) atoms. The van der Waals surface area contributed by atoms with Gasteiger partial charge in [0.05, 0.1) is 12.2 Å². The van der Waals surface area contributed by atoms with Gasteiger partial charge in [-0.05, 0) is 27.2 Å². The van der Waals surface area contributed by atoms with Crippen molar-refractivity contribution >= 4 is 0 Å². The Labute approximate surface area is 62.8 Å². The lowest BCUT2D eigenvalue weighted by atomic mass is 10.2. The van der Waals surface area contributed by atoms with Crippen LogP contribution in [0.2, 0.25) is 0 Å². The second kappa shape index (κ2) is 4.47. The molecule has 2 heteroatoms. The van der Waals surface area contributed by atoms with E-state index in [1.807, 2.05) is 20.8 Å². The van der Waals surface area contributed by atoms with Crippen LogP contribution in [0.4, 0.5) is 0 Å². The van der Waals surface area contributed by atoms with Crippen molar-refractivity contribution < 1.29 is 9.78 Å². The molecule has 0 aliphatic heterocycles. The van der Waals surface area contributed by atoms with Gasteiger partial charge in [-0.1, -0.05) is 6.08 Å². The fourth-order valence-electron chi connectivity index (χ4n) is 0.350. The first-order valence-corrected chi connectivity index (χ1v) is 3.48. The van der Waals surface area contributed by atoms with E-state index in [1.54, 1.807) is 6.08 Å². The van der Waals surface area contributed by atoms with Crippen LogP contribution in [-0.4, -0.2) is 12.2 Å². The number of hydrogen-bond donors (Lipinski definition) is 0. The topological polar surface area (TPSA) is 18.5 Å². The van der Waals surface area contributed by atoms with Gasteiger partial charge in [-0.3, -0.25) is 0 Å². The highest BCUT2D eigenvalue weighted by Crippen LogP contribution is 2.06. The maximum Gasteiger partial charge on any atom is 0.0952 e. The Balaban J connectivity index is 3.12. The van der Waals surface area contributed by atoms with Crippen molar-refractivity contribution in [2.45, 2.75) is 32.8 Å². The van der Waals surface area contributed by atoms with Gasteiger partial charge < -0.3 is 0 Å². The van der Waals surface area contributed by atoms with Gasteiger partial charge in [0.2, 0.25) is 0 Å². The Bertz CT molecular complexity index is 91.9. The second-order valence-corrected chi connectivity index (χ2v) is 3.10. The van der Waals surface area contributed by atoms with Crippen molar-refractivity contribution in [3.8, 4) is 0 Å². The van der Waals surface area contributed by atoms with Gasteiger partial charge in [-0.25, -0.2) is 9.78 Å². The molecule has 0 N–H and O–H groups in total. The van der Waals surface area contributed by atoms with E-state index >= 15 is 0 Å². The number of rotatable bonds is 4. The minimum Gasteiger partial charge on any atom is -0.236 e. The van der Waals surface area contributed by atoms with Crippen molar-refractivity contribution in [2.24, 2.45) is 0 Å². The van der Waals surface area contributed by atoms with Gasteiger partial charge in [0.25, 0.3) is 0 Å². The molecular formula is C8H16O2. The Morgan fingerprint density at radius 2 is 2.00 bits per heavy atom. The molecule has 0 fully saturated rings. The third-order valence-electron chi connectivity index (χ3n) is 0.714. The zero-order valence-corrected chi connectivity index (χ0v) is 7.02. The first-order chi connectivity index (χ1) is 4.56. The van der Waals surface area contributed by atoms with Crippen LogP contribution in [0.15, 0.2) is 12.7 Å². The lowest BCUT2D eigenvalue weighted by Crippen LogP contribution is -2.19. The molecule has 0 heterocycles. The minimum atomic E-state index is -0.207. The van der Waals surface area contributed by atoms with E-state index < -0.39 is 0 Å². The average Bonchev–Trinajstić information content (AvgIpc) is 1.78. The van der Waals surface area contributed by atoms with Crippen LogP contribution in [0, 0.1) is 0 Å². The highest BCUT2D eigenvalue weighted by Gasteiger charge is 2.10. The minimum absolute atomic E-state index is 0.207. The molecule has 0 rings (SSSR count). The third-order valence-corrected chi connectivity index (χ3v) is 0.714. The van der Waals surface area contributed by atoms with Gasteiger partial charge >= 0.3 is 0 Å². The summed E-state index contributed by atoms with van der Waals surface area (Å²) in [6.45, 7) is 9.98. The van der Waals surface area contributed by atoms with Crippen molar-refractivity contribution in [3.63, 3.8) is 0 Å². The lowest BCUT2D eigenvalue weighted by molar-refractivity contribution is -0.347. The smallest absolute Gasteiger partial charge is 0.0952 e. The Kier molecular flexibility index (Phi) is 4.32. The summed E-state index contributed by atoms with van der Waals surface area (Å²) in [4.78, 5) is 9.85. The zero-order chi connectivity index (χ0) is 8.04. The predicted molar refractivity (Wildman–Crippen MR) is 41.6 cm³/mol. The number of hydrogen-bond acceptors (Lipinski definition) is 2. The summed E-state index contributed by atoms with van der Waals surface area (Å²) in [5.41, 5.74) is -0.207. The lowest BCUT2D eigenvalue weighted by Gasteiger charge is -2.16. The van der Waals surface area contributed by atoms with E-state index in [4.69, 9.17) is 9.78 Å². The molecule has 0 aromatic rings. The van der Waals surface area contributed by atoms with E-state index in [-0.39, 0.29) is 5.60 Å². The normalized spacial score (nSPS) is 11.5. The first-order valence-electron chi connectivity index (χ1n) is 3.48. The summed E-state index contributed by atoms with van der Waals surface area (Å²) >= 11 is 0. The van der Waals surface area contributed by atoms with Crippen molar-refractivity contribution in [2.75, 3.05) is 6.61 Å². The van der Waals surface area contributed by atoms with Crippen LogP contribution in [0.3, 0.4) is 0 Å². The molecule has 0 aromatic heterocycles. The van der Waals surface area contributed by atoms with Crippen LogP contribution in [0.5, 0.6) is 0 Å². The fraction of sp³-hybridized carbons (Fsp3) is 0.750. The van der Waals surface area contributed by atoms with Crippen molar-refractivity contribution in [3.05, 3.63) is 12.7 Å². The summed E-state index contributed by atoms with van der Waals surface area (Å²) in [6.07, 6.45) is 2.63. The van der Waals surface area contributed by atoms with Crippen LogP contribution in [0.1, 0.15) is 27.2 Å². The van der Waals surface area contributed by atoms with Crippen molar-refractivity contribution in [1.82, 2.24) is 0 Å². The molecule has 0 atom stereocenters. The molecule has 0 unspecified atom stereocenters. The predicted octanol–water partition coefficient (Wildman–Crippen LogP) is 2.31. The van der Waals surface area contributed by atoms with Gasteiger partial charge in [-0.15, -0.1) is 6.58 Å². The molecule has 0 bridgehead atoms. The third kappa shape index (κ3) is 7.66. The summed E-state index contributed by atoms with van der Waals surface area (Å²) in [5, 5.41) is 0. The maximum atomic E-state index is 4.98. The summed E-state index contributed by atoms with van der Waals surface area (Å²) in [5.74, 6) is 0. The molecule has 0 aliphatic carbocycles. The zero-order valence-electron chi connectivity index (χ0n) is 7.02. The molecule has 0 amide bonds. The summed E-state index contributed by atoms with van der Waals surface area (Å²) < 4.78 is 0. The van der Waals surface area contributed by atoms with Gasteiger partial charge in [0.15, 0.2) is 0 Å². The van der Waals surface area contributed by atoms with E-state index in [2.05, 4.69) is 6.58 Å². The van der Waals surface area contributed by atoms with Crippen LogP contribution < -0.4 is 0 Å². The van der Waals surface area contributed by atoms with Crippen LogP contribution in [0.25, 0.3) is 0 Å². The first kappa shape index (κ1) is 9.66. The molecule has 0 aliphatic rings. The van der Waals surface area contributed by atoms with E-state index in [9.17, 15) is 0 Å². The van der Waals surface area contributed by atoms with E-state index in [0.717, 1.165) is 6.42 Å². The molecule has 0 spiro atoms. The molecule has 0 radical (unpaired) electrons. The van der Waals surface area contributed by atoms with Gasteiger partial charge in [-0.2, -0.15) is 0 Å². The molecular weight excluding hydrogens is 128 g/mol. The SMILES string of the molecule is C=CCCOOC(C)(C)C. The maximum absolute atomic E-state index is 4.98. The second-order valence-electron chi connectivity index (χ2n) is 3.10. The molecule has 0 saturated heterocycles. The van der Waals surface area contributed by atoms with Crippen molar-refractivity contribution in [1.29, 1.82) is 0 Å². The monoisotopic (exact) mass is 144 g/mol. The molecule has 0 saturated carbocycles. The van der Waals surface area contributed by atoms with Gasteiger partial charge in [0, 0.05) is 0 Å². The van der Waals surface area contributed by atoms with E-state index in [1.165, 1.54) is 0 Å². The molecule has 2 nitrogen and oxygen atoms in total. The average molecular weight is 144 g/mol. The van der Waals surface area contributed by atoms with Crippen LogP contribution >= 0.6 is 0 Å². The standard InChI is InChI=1S/C8H16O2/c1-5-6-7-9-10-8(2,3)4/h5H,1,6-7H2,2-4H3. The molecule has 60 valence electrons. The Morgan fingerprint density at radius 3 is 2.40 bits per heavy atom. The highest BCUT2D eigenvalue weighted by molar-refractivity contribution is 4.64. The largest absolute Gasteiger partial charge is 0.236 e. The Hall–Kier alpha value is -0.340. The molecule has 0 aromatic carbocycles. The fourth-order valence-corrected chi connectivity index (χ4v) is 0.350. The summed E-state index contributed by atoms with van der Waals surface area (Å²) in [6, 6.07) is 0. The highest BCUT2D eigenvalue weighted by atomic mass is 17.2. The Morgan fingerprint density at radius 1 is 1.40 bits per heavy atom. The van der Waals surface area contributed by atoms with E-state index in [0.29, 0.717) is 6.61 Å². The van der Waals surface area contributed by atoms with Gasteiger partial charge in [0.1, 0.15) is 0 Å². The summed E-state index contributed by atoms with van der Waals surface area (Å²) in [7, 11) is 0. The van der Waals surface area contributed by atoms with Crippen LogP contribution in [-0.2, 0) is 9.78 Å². The quantitative estimate of drug-likeness (QED) is 0.261.